The van der Waals surface area contributed by atoms with Gasteiger partial charge in [-0.15, -0.1) is 0 Å². The van der Waals surface area contributed by atoms with E-state index in [9.17, 15) is 0 Å². The van der Waals surface area contributed by atoms with Crippen LogP contribution in [0.1, 0.15) is 37.8 Å². The molecule has 0 aliphatic carbocycles. The lowest BCUT2D eigenvalue weighted by atomic mass is 9.91. The average molecular weight is 271 g/mol. The molecule has 1 aromatic carbocycles. The van der Waals surface area contributed by atoms with E-state index in [1.54, 1.807) is 0 Å². The van der Waals surface area contributed by atoms with E-state index < -0.39 is 0 Å². The zero-order chi connectivity index (χ0) is 14.4. The topological polar surface area (TPSA) is 23.5 Å². The molecule has 1 aliphatic heterocycles. The van der Waals surface area contributed by atoms with E-state index in [-0.39, 0.29) is 6.61 Å². The number of piperidine rings is 1. The third-order valence-corrected chi connectivity index (χ3v) is 3.82. The summed E-state index contributed by atoms with van der Waals surface area (Å²) >= 11 is 0. The Morgan fingerprint density at radius 2 is 1.90 bits per heavy atom. The lowest BCUT2D eigenvalue weighted by molar-refractivity contribution is 0.134. The van der Waals surface area contributed by atoms with Gasteiger partial charge in [0.05, 0.1) is 6.61 Å². The summed E-state index contributed by atoms with van der Waals surface area (Å²) in [5.74, 6) is 7.78. The molecule has 0 aromatic heterocycles. The Balaban J connectivity index is 2.07. The van der Waals surface area contributed by atoms with Gasteiger partial charge >= 0.3 is 0 Å². The summed E-state index contributed by atoms with van der Waals surface area (Å²) in [5.41, 5.74) is 2.41. The van der Waals surface area contributed by atoms with Gasteiger partial charge in [-0.3, -0.25) is 4.90 Å². The first-order valence-electron chi connectivity index (χ1n) is 7.59. The van der Waals surface area contributed by atoms with Crippen LogP contribution < -0.4 is 0 Å². The number of nitrogens with zero attached hydrogens (tertiary/aromatic N) is 1. The SMILES string of the molecule is CC1CC(C)CN(Cc2ccccc2C#CCCO)C1. The summed E-state index contributed by atoms with van der Waals surface area (Å²) < 4.78 is 0. The largest absolute Gasteiger partial charge is 0.395 e. The van der Waals surface area contributed by atoms with Gasteiger partial charge in [-0.2, -0.15) is 0 Å². The van der Waals surface area contributed by atoms with Gasteiger partial charge in [0.2, 0.25) is 0 Å². The van der Waals surface area contributed by atoms with Gasteiger partial charge in [0.1, 0.15) is 0 Å². The summed E-state index contributed by atoms with van der Waals surface area (Å²) in [5, 5.41) is 8.82. The van der Waals surface area contributed by atoms with Crippen LogP contribution in [0.4, 0.5) is 0 Å². The second kappa shape index (κ2) is 7.47. The molecule has 0 bridgehead atoms. The van der Waals surface area contributed by atoms with E-state index in [2.05, 4.69) is 48.8 Å². The van der Waals surface area contributed by atoms with Crippen molar-refractivity contribution < 1.29 is 5.11 Å². The second-order valence-corrected chi connectivity index (χ2v) is 6.07. The normalized spacial score (nSPS) is 23.1. The van der Waals surface area contributed by atoms with Crippen LogP contribution in [0, 0.1) is 23.7 Å². The molecule has 20 heavy (non-hydrogen) atoms. The zero-order valence-electron chi connectivity index (χ0n) is 12.6. The predicted octanol–water partition coefficient (Wildman–Crippen LogP) is 2.90. The van der Waals surface area contributed by atoms with Crippen LogP contribution in [-0.2, 0) is 6.54 Å². The van der Waals surface area contributed by atoms with Gasteiger partial charge in [0.15, 0.2) is 0 Å². The van der Waals surface area contributed by atoms with Gasteiger partial charge in [-0.05, 0) is 29.9 Å². The fourth-order valence-electron chi connectivity index (χ4n) is 3.16. The minimum absolute atomic E-state index is 0.135. The number of hydrogen-bond acceptors (Lipinski definition) is 2. The molecule has 2 nitrogen and oxygen atoms in total. The summed E-state index contributed by atoms with van der Waals surface area (Å²) in [4.78, 5) is 2.55. The molecule has 2 heteroatoms. The van der Waals surface area contributed by atoms with E-state index in [0.29, 0.717) is 6.42 Å². The number of likely N-dealkylation sites (tertiary alicyclic amines) is 1. The van der Waals surface area contributed by atoms with Gasteiger partial charge in [-0.1, -0.05) is 43.9 Å². The van der Waals surface area contributed by atoms with Crippen LogP contribution in [0.3, 0.4) is 0 Å². The number of hydrogen-bond donors (Lipinski definition) is 1. The molecule has 0 saturated carbocycles. The molecule has 2 atom stereocenters. The van der Waals surface area contributed by atoms with Crippen molar-refractivity contribution in [3.05, 3.63) is 35.4 Å². The molecule has 108 valence electrons. The van der Waals surface area contributed by atoms with E-state index in [4.69, 9.17) is 5.11 Å². The first-order valence-corrected chi connectivity index (χ1v) is 7.59. The smallest absolute Gasteiger partial charge is 0.0540 e. The van der Waals surface area contributed by atoms with Crippen molar-refractivity contribution in [3.8, 4) is 11.8 Å². The molecule has 0 amide bonds. The quantitative estimate of drug-likeness (QED) is 0.855. The highest BCUT2D eigenvalue weighted by Crippen LogP contribution is 2.23. The summed E-state index contributed by atoms with van der Waals surface area (Å²) in [7, 11) is 0. The Hall–Kier alpha value is -1.30. The van der Waals surface area contributed by atoms with Crippen molar-refractivity contribution in [1.82, 2.24) is 4.90 Å². The molecule has 1 aliphatic rings. The van der Waals surface area contributed by atoms with E-state index in [0.717, 1.165) is 23.9 Å². The Bertz CT molecular complexity index is 476. The average Bonchev–Trinajstić information content (AvgIpc) is 2.40. The van der Waals surface area contributed by atoms with Crippen LogP contribution in [0.15, 0.2) is 24.3 Å². The first kappa shape index (κ1) is 15.1. The van der Waals surface area contributed by atoms with Crippen LogP contribution in [-0.4, -0.2) is 29.7 Å². The Labute approximate surface area is 122 Å². The molecule has 0 radical (unpaired) electrons. The van der Waals surface area contributed by atoms with Crippen molar-refractivity contribution in [2.45, 2.75) is 33.2 Å². The Morgan fingerprint density at radius 1 is 1.20 bits per heavy atom. The zero-order valence-corrected chi connectivity index (χ0v) is 12.6. The van der Waals surface area contributed by atoms with Crippen molar-refractivity contribution in [2.75, 3.05) is 19.7 Å². The third kappa shape index (κ3) is 4.37. The Morgan fingerprint density at radius 3 is 2.60 bits per heavy atom. The minimum atomic E-state index is 0.135. The summed E-state index contributed by atoms with van der Waals surface area (Å²) in [6.07, 6.45) is 1.89. The van der Waals surface area contributed by atoms with Crippen LogP contribution in [0.2, 0.25) is 0 Å². The molecule has 1 saturated heterocycles. The highest BCUT2D eigenvalue weighted by molar-refractivity contribution is 5.41. The van der Waals surface area contributed by atoms with Crippen molar-refractivity contribution in [2.24, 2.45) is 11.8 Å². The van der Waals surface area contributed by atoms with Gasteiger partial charge in [0, 0.05) is 31.6 Å². The summed E-state index contributed by atoms with van der Waals surface area (Å²) in [6, 6.07) is 8.38. The lowest BCUT2D eigenvalue weighted by Gasteiger charge is -2.35. The van der Waals surface area contributed by atoms with Crippen molar-refractivity contribution >= 4 is 0 Å². The number of aliphatic hydroxyl groups is 1. The van der Waals surface area contributed by atoms with Crippen molar-refractivity contribution in [3.63, 3.8) is 0 Å². The molecular weight excluding hydrogens is 246 g/mol. The molecule has 1 N–H and O–H groups in total. The number of rotatable bonds is 3. The van der Waals surface area contributed by atoms with Gasteiger partial charge in [0.25, 0.3) is 0 Å². The molecule has 2 rings (SSSR count). The Kier molecular flexibility index (Phi) is 5.64. The lowest BCUT2D eigenvalue weighted by Crippen LogP contribution is -2.38. The van der Waals surface area contributed by atoms with Gasteiger partial charge in [-0.25, -0.2) is 0 Å². The highest BCUT2D eigenvalue weighted by atomic mass is 16.2. The van der Waals surface area contributed by atoms with Crippen LogP contribution >= 0.6 is 0 Å². The maximum absolute atomic E-state index is 8.82. The highest BCUT2D eigenvalue weighted by Gasteiger charge is 2.21. The summed E-state index contributed by atoms with van der Waals surface area (Å²) in [6.45, 7) is 8.17. The van der Waals surface area contributed by atoms with Crippen molar-refractivity contribution in [1.29, 1.82) is 0 Å². The minimum Gasteiger partial charge on any atom is -0.395 e. The number of aliphatic hydroxyl groups excluding tert-OH is 1. The van der Waals surface area contributed by atoms with Crippen LogP contribution in [0.5, 0.6) is 0 Å². The fraction of sp³-hybridized carbons (Fsp3) is 0.556. The first-order chi connectivity index (χ1) is 9.69. The molecular formula is C18H25NO. The van der Waals surface area contributed by atoms with E-state index in [1.165, 1.54) is 25.1 Å². The fourth-order valence-corrected chi connectivity index (χ4v) is 3.16. The van der Waals surface area contributed by atoms with E-state index >= 15 is 0 Å². The molecule has 2 unspecified atom stereocenters. The third-order valence-electron chi connectivity index (χ3n) is 3.82. The van der Waals surface area contributed by atoms with Gasteiger partial charge < -0.3 is 5.11 Å². The maximum Gasteiger partial charge on any atom is 0.0540 e. The number of benzene rings is 1. The second-order valence-electron chi connectivity index (χ2n) is 6.07. The standard InChI is InChI=1S/C18H25NO/c1-15-11-16(2)13-19(12-15)14-18-9-4-3-7-17(18)8-5-6-10-20/h3-4,7,9,15-16,20H,6,10-14H2,1-2H3. The molecule has 1 aromatic rings. The predicted molar refractivity (Wildman–Crippen MR) is 83.2 cm³/mol. The molecule has 1 fully saturated rings. The maximum atomic E-state index is 8.82. The molecule has 1 heterocycles. The van der Waals surface area contributed by atoms with Crippen LogP contribution in [0.25, 0.3) is 0 Å². The monoisotopic (exact) mass is 271 g/mol. The van der Waals surface area contributed by atoms with E-state index in [1.807, 2.05) is 6.07 Å². The molecule has 0 spiro atoms.